The van der Waals surface area contributed by atoms with Crippen LogP contribution < -0.4 is 0 Å². The Labute approximate surface area is 247 Å². The molecule has 0 spiro atoms. The van der Waals surface area contributed by atoms with Crippen molar-refractivity contribution in [2.24, 2.45) is 0 Å². The SMILES string of the molecule is Oc1c(CN2CCCC2)cc(C2C=C(CN3CCCC3)C(O)(Cl)C(c3ccccc3)=C2)cc1-c1ccc(Cl)cc1. The summed E-state index contributed by atoms with van der Waals surface area (Å²) in [6.07, 6.45) is 8.94. The number of phenolic OH excluding ortho intramolecular Hbond substituents is 1. The van der Waals surface area contributed by atoms with E-state index in [0.717, 1.165) is 59.6 Å². The van der Waals surface area contributed by atoms with E-state index in [1.807, 2.05) is 54.6 Å². The summed E-state index contributed by atoms with van der Waals surface area (Å²) in [6, 6.07) is 21.8. The van der Waals surface area contributed by atoms with E-state index in [1.165, 1.54) is 25.7 Å². The van der Waals surface area contributed by atoms with E-state index >= 15 is 0 Å². The molecular formula is C34H36Cl2N2O2. The van der Waals surface area contributed by atoms with E-state index < -0.39 is 5.06 Å². The normalized spacial score (nSPS) is 23.8. The Hall–Kier alpha value is -2.60. The van der Waals surface area contributed by atoms with Crippen LogP contribution in [0.1, 0.15) is 48.3 Å². The Morgan fingerprint density at radius 2 is 1.40 bits per heavy atom. The van der Waals surface area contributed by atoms with Crippen LogP contribution in [0, 0.1) is 0 Å². The van der Waals surface area contributed by atoms with Crippen molar-refractivity contribution in [2.75, 3.05) is 32.7 Å². The Bertz CT molecular complexity index is 1400. The van der Waals surface area contributed by atoms with E-state index in [-0.39, 0.29) is 5.92 Å². The second kappa shape index (κ2) is 11.7. The number of phenols is 1. The molecule has 4 nitrogen and oxygen atoms in total. The number of halogens is 2. The Morgan fingerprint density at radius 1 is 0.775 bits per heavy atom. The monoisotopic (exact) mass is 574 g/mol. The van der Waals surface area contributed by atoms with Crippen LogP contribution in [-0.4, -0.2) is 57.8 Å². The molecule has 2 unspecified atom stereocenters. The first kappa shape index (κ1) is 27.6. The van der Waals surface area contributed by atoms with Crippen LogP contribution in [0.25, 0.3) is 16.7 Å². The van der Waals surface area contributed by atoms with Gasteiger partial charge in [-0.2, -0.15) is 0 Å². The predicted molar refractivity (Wildman–Crippen MR) is 165 cm³/mol. The molecule has 0 saturated carbocycles. The van der Waals surface area contributed by atoms with E-state index in [0.29, 0.717) is 29.4 Å². The average molecular weight is 576 g/mol. The summed E-state index contributed by atoms with van der Waals surface area (Å²) in [6.45, 7) is 5.44. The molecule has 208 valence electrons. The zero-order valence-electron chi connectivity index (χ0n) is 22.7. The van der Waals surface area contributed by atoms with Crippen LogP contribution in [0.3, 0.4) is 0 Å². The molecule has 2 atom stereocenters. The minimum atomic E-state index is -1.59. The second-order valence-corrected chi connectivity index (χ2v) is 12.3. The first-order valence-electron chi connectivity index (χ1n) is 14.3. The van der Waals surface area contributed by atoms with E-state index in [4.69, 9.17) is 23.2 Å². The molecule has 2 heterocycles. The van der Waals surface area contributed by atoms with Gasteiger partial charge < -0.3 is 10.2 Å². The lowest BCUT2D eigenvalue weighted by atomic mass is 9.80. The maximum Gasteiger partial charge on any atom is 0.188 e. The number of hydrogen-bond donors (Lipinski definition) is 2. The van der Waals surface area contributed by atoms with Crippen LogP contribution in [0.15, 0.2) is 84.5 Å². The van der Waals surface area contributed by atoms with Gasteiger partial charge in [-0.05, 0) is 98.4 Å². The molecular weight excluding hydrogens is 539 g/mol. The van der Waals surface area contributed by atoms with Crippen molar-refractivity contribution in [2.45, 2.75) is 43.2 Å². The van der Waals surface area contributed by atoms with Crippen molar-refractivity contribution in [3.05, 3.63) is 106 Å². The topological polar surface area (TPSA) is 46.9 Å². The molecule has 2 fully saturated rings. The van der Waals surface area contributed by atoms with Gasteiger partial charge in [0.25, 0.3) is 0 Å². The summed E-state index contributed by atoms with van der Waals surface area (Å²) in [7, 11) is 0. The smallest absolute Gasteiger partial charge is 0.188 e. The molecule has 2 N–H and O–H groups in total. The zero-order valence-corrected chi connectivity index (χ0v) is 24.2. The first-order chi connectivity index (χ1) is 19.4. The number of rotatable bonds is 7. The number of nitrogens with zero attached hydrogens (tertiary/aromatic N) is 2. The number of likely N-dealkylation sites (tertiary alicyclic amines) is 2. The van der Waals surface area contributed by atoms with Crippen molar-refractivity contribution in [3.63, 3.8) is 0 Å². The number of alkyl halides is 1. The van der Waals surface area contributed by atoms with Gasteiger partial charge in [-0.25, -0.2) is 0 Å². The molecule has 6 rings (SSSR count). The zero-order chi connectivity index (χ0) is 27.7. The summed E-state index contributed by atoms with van der Waals surface area (Å²) < 4.78 is 0. The molecule has 6 heteroatoms. The fourth-order valence-corrected chi connectivity index (χ4v) is 6.76. The number of allylic oxidation sites excluding steroid dienone is 2. The van der Waals surface area contributed by atoms with Gasteiger partial charge in [0.1, 0.15) is 5.75 Å². The third kappa shape index (κ3) is 5.74. The molecule has 0 aromatic heterocycles. The fourth-order valence-electron chi connectivity index (χ4n) is 6.34. The lowest BCUT2D eigenvalue weighted by Crippen LogP contribution is -2.36. The highest BCUT2D eigenvalue weighted by Gasteiger charge is 2.39. The van der Waals surface area contributed by atoms with Crippen LogP contribution >= 0.6 is 23.2 Å². The summed E-state index contributed by atoms with van der Waals surface area (Å²) >= 11 is 13.2. The lowest BCUT2D eigenvalue weighted by Gasteiger charge is -2.35. The number of hydrogen-bond acceptors (Lipinski definition) is 4. The third-order valence-electron chi connectivity index (χ3n) is 8.53. The quantitative estimate of drug-likeness (QED) is 0.227. The number of aliphatic hydroxyl groups is 1. The standard InChI is InChI=1S/C34H36Cl2N2O2/c35-30-12-10-24(11-13-30)31-20-26(18-28(33(31)39)22-37-14-4-5-15-37)27-19-29(23-38-16-6-7-17-38)34(36,40)32(21-27)25-8-2-1-3-9-25/h1-3,8-13,18-21,27,39-40H,4-7,14-17,22-23H2. The van der Waals surface area contributed by atoms with Crippen LogP contribution in [0.5, 0.6) is 5.75 Å². The summed E-state index contributed by atoms with van der Waals surface area (Å²) in [5, 5.41) is 22.3. The van der Waals surface area contributed by atoms with Gasteiger partial charge in [0.2, 0.25) is 0 Å². The van der Waals surface area contributed by atoms with E-state index in [2.05, 4.69) is 34.1 Å². The Morgan fingerprint density at radius 3 is 2.05 bits per heavy atom. The maximum absolute atomic E-state index is 11.8. The van der Waals surface area contributed by atoms with Crippen LogP contribution in [0.4, 0.5) is 0 Å². The molecule has 40 heavy (non-hydrogen) atoms. The molecule has 3 aromatic carbocycles. The van der Waals surface area contributed by atoms with Crippen molar-refractivity contribution in [1.29, 1.82) is 0 Å². The molecule has 0 amide bonds. The Balaban J connectivity index is 1.48. The molecule has 3 aromatic rings. The second-order valence-electron chi connectivity index (χ2n) is 11.3. The predicted octanol–water partition coefficient (Wildman–Crippen LogP) is 7.44. The van der Waals surface area contributed by atoms with Crippen molar-refractivity contribution >= 4 is 28.8 Å². The Kier molecular flexibility index (Phi) is 8.07. The fraction of sp³-hybridized carbons (Fsp3) is 0.353. The third-order valence-corrected chi connectivity index (χ3v) is 9.23. The van der Waals surface area contributed by atoms with Crippen molar-refractivity contribution in [3.8, 4) is 16.9 Å². The molecule has 3 aliphatic rings. The first-order valence-corrected chi connectivity index (χ1v) is 15.1. The average Bonchev–Trinajstić information content (AvgIpc) is 3.67. The summed E-state index contributed by atoms with van der Waals surface area (Å²) in [5.74, 6) is 0.201. The molecule has 0 radical (unpaired) electrons. The lowest BCUT2D eigenvalue weighted by molar-refractivity contribution is 0.208. The highest BCUT2D eigenvalue weighted by Crippen LogP contribution is 2.46. The van der Waals surface area contributed by atoms with Crippen molar-refractivity contribution < 1.29 is 10.2 Å². The van der Waals surface area contributed by atoms with E-state index in [1.54, 1.807) is 0 Å². The summed E-state index contributed by atoms with van der Waals surface area (Å²) in [5.41, 5.74) is 6.12. The van der Waals surface area contributed by atoms with Crippen molar-refractivity contribution in [1.82, 2.24) is 9.80 Å². The molecule has 2 aliphatic heterocycles. The molecule has 0 bridgehead atoms. The minimum Gasteiger partial charge on any atom is -0.507 e. The van der Waals surface area contributed by atoms with E-state index in [9.17, 15) is 10.2 Å². The van der Waals surface area contributed by atoms with Gasteiger partial charge in [0, 0.05) is 40.7 Å². The van der Waals surface area contributed by atoms with Crippen LogP contribution in [0.2, 0.25) is 5.02 Å². The minimum absolute atomic E-state index is 0.115. The van der Waals surface area contributed by atoms with Crippen LogP contribution in [-0.2, 0) is 6.54 Å². The maximum atomic E-state index is 11.8. The van der Waals surface area contributed by atoms with Gasteiger partial charge in [-0.15, -0.1) is 0 Å². The van der Waals surface area contributed by atoms with Gasteiger partial charge in [0.05, 0.1) is 0 Å². The van der Waals surface area contributed by atoms with Gasteiger partial charge in [-0.1, -0.05) is 77.8 Å². The number of benzene rings is 3. The highest BCUT2D eigenvalue weighted by atomic mass is 35.5. The van der Waals surface area contributed by atoms with Gasteiger partial charge in [0.15, 0.2) is 5.06 Å². The highest BCUT2D eigenvalue weighted by molar-refractivity contribution is 6.31. The summed E-state index contributed by atoms with van der Waals surface area (Å²) in [4.78, 5) is 4.78. The number of aromatic hydroxyl groups is 1. The molecule has 1 aliphatic carbocycles. The van der Waals surface area contributed by atoms with Gasteiger partial charge >= 0.3 is 0 Å². The molecule has 2 saturated heterocycles. The van der Waals surface area contributed by atoms with Gasteiger partial charge in [-0.3, -0.25) is 9.80 Å². The largest absolute Gasteiger partial charge is 0.507 e.